The lowest BCUT2D eigenvalue weighted by Gasteiger charge is -2.10. The highest BCUT2D eigenvalue weighted by Crippen LogP contribution is 2.07. The van der Waals surface area contributed by atoms with E-state index in [2.05, 4.69) is 5.92 Å². The van der Waals surface area contributed by atoms with Crippen LogP contribution < -0.4 is 5.73 Å². The number of carbonyl (C=O) groups excluding carboxylic acids is 1. The number of carbonyl (C=O) groups is 1. The second-order valence-corrected chi connectivity index (χ2v) is 2.44. The lowest BCUT2D eigenvalue weighted by Crippen LogP contribution is -2.28. The number of nitrogens with two attached hydrogens (primary N) is 1. The third kappa shape index (κ3) is 1.28. The van der Waals surface area contributed by atoms with Crippen LogP contribution >= 0.6 is 0 Å². The smallest absolute Gasteiger partial charge is 0.225 e. The SMILES string of the molecule is C#CCN1CC(N)CC1=O. The molecule has 0 saturated carbocycles. The maximum absolute atomic E-state index is 10.9. The van der Waals surface area contributed by atoms with Crippen molar-refractivity contribution < 1.29 is 4.79 Å². The van der Waals surface area contributed by atoms with Gasteiger partial charge in [0.1, 0.15) is 0 Å². The van der Waals surface area contributed by atoms with Crippen molar-refractivity contribution in [3.63, 3.8) is 0 Å². The lowest BCUT2D eigenvalue weighted by molar-refractivity contribution is -0.127. The zero-order valence-electron chi connectivity index (χ0n) is 5.71. The average Bonchev–Trinajstić information content (AvgIpc) is 2.13. The second kappa shape index (κ2) is 2.72. The second-order valence-electron chi connectivity index (χ2n) is 2.44. The number of likely N-dealkylation sites (tertiary alicyclic amines) is 1. The molecule has 2 N–H and O–H groups in total. The van der Waals surface area contributed by atoms with Crippen molar-refractivity contribution in [1.29, 1.82) is 0 Å². The summed E-state index contributed by atoms with van der Waals surface area (Å²) in [4.78, 5) is 12.5. The predicted octanol–water partition coefficient (Wildman–Crippen LogP) is -0.821. The molecule has 1 heterocycles. The monoisotopic (exact) mass is 138 g/mol. The molecule has 0 aliphatic carbocycles. The summed E-state index contributed by atoms with van der Waals surface area (Å²) in [6, 6.07) is -0.0131. The van der Waals surface area contributed by atoms with Crippen LogP contribution in [0.5, 0.6) is 0 Å². The molecule has 0 radical (unpaired) electrons. The van der Waals surface area contributed by atoms with Crippen molar-refractivity contribution in [1.82, 2.24) is 4.90 Å². The molecule has 54 valence electrons. The van der Waals surface area contributed by atoms with E-state index in [4.69, 9.17) is 12.2 Å². The minimum atomic E-state index is -0.0131. The van der Waals surface area contributed by atoms with Gasteiger partial charge in [-0.15, -0.1) is 6.42 Å². The Balaban J connectivity index is 2.48. The standard InChI is InChI=1S/C7H10N2O/c1-2-3-9-5-6(8)4-7(9)10/h1,6H,3-5,8H2. The van der Waals surface area contributed by atoms with Crippen molar-refractivity contribution in [3.8, 4) is 12.3 Å². The van der Waals surface area contributed by atoms with Crippen LogP contribution in [0, 0.1) is 12.3 Å². The molecule has 1 fully saturated rings. The fourth-order valence-corrected chi connectivity index (χ4v) is 1.07. The molecule has 1 aliphatic heterocycles. The van der Waals surface area contributed by atoms with Gasteiger partial charge in [0, 0.05) is 19.0 Å². The van der Waals surface area contributed by atoms with Crippen LogP contribution in [-0.4, -0.2) is 29.9 Å². The first-order valence-corrected chi connectivity index (χ1v) is 3.21. The molecule has 0 aromatic rings. The van der Waals surface area contributed by atoms with E-state index in [1.54, 1.807) is 4.90 Å². The number of rotatable bonds is 1. The van der Waals surface area contributed by atoms with Crippen LogP contribution in [0.4, 0.5) is 0 Å². The summed E-state index contributed by atoms with van der Waals surface area (Å²) in [6.07, 6.45) is 5.48. The number of hydrogen-bond acceptors (Lipinski definition) is 2. The van der Waals surface area contributed by atoms with Crippen molar-refractivity contribution >= 4 is 5.91 Å². The Bertz CT molecular complexity index is 183. The van der Waals surface area contributed by atoms with E-state index in [9.17, 15) is 4.79 Å². The van der Waals surface area contributed by atoms with E-state index in [1.165, 1.54) is 0 Å². The molecule has 1 saturated heterocycles. The molecule has 0 aromatic heterocycles. The highest BCUT2D eigenvalue weighted by molar-refractivity contribution is 5.79. The molecule has 0 aromatic carbocycles. The molecule has 3 heteroatoms. The van der Waals surface area contributed by atoms with Crippen molar-refractivity contribution in [2.75, 3.05) is 13.1 Å². The van der Waals surface area contributed by atoms with Crippen molar-refractivity contribution in [2.24, 2.45) is 5.73 Å². The van der Waals surface area contributed by atoms with Gasteiger partial charge in [0.2, 0.25) is 5.91 Å². The fourth-order valence-electron chi connectivity index (χ4n) is 1.07. The van der Waals surface area contributed by atoms with Gasteiger partial charge in [-0.1, -0.05) is 5.92 Å². The van der Waals surface area contributed by atoms with Crippen LogP contribution in [0.1, 0.15) is 6.42 Å². The van der Waals surface area contributed by atoms with Gasteiger partial charge >= 0.3 is 0 Å². The zero-order valence-corrected chi connectivity index (χ0v) is 5.71. The molecule has 0 bridgehead atoms. The van der Waals surface area contributed by atoms with Crippen LogP contribution in [0.25, 0.3) is 0 Å². The number of hydrogen-bond donors (Lipinski definition) is 1. The molecular formula is C7H10N2O. The molecule has 1 unspecified atom stereocenters. The first kappa shape index (κ1) is 7.10. The first-order valence-electron chi connectivity index (χ1n) is 3.21. The largest absolute Gasteiger partial charge is 0.330 e. The molecule has 1 atom stereocenters. The van der Waals surface area contributed by atoms with Crippen LogP contribution in [0.15, 0.2) is 0 Å². The van der Waals surface area contributed by atoms with Gasteiger partial charge in [0.05, 0.1) is 6.54 Å². The lowest BCUT2D eigenvalue weighted by atomic mass is 10.3. The summed E-state index contributed by atoms with van der Waals surface area (Å²) >= 11 is 0. The van der Waals surface area contributed by atoms with Crippen molar-refractivity contribution in [2.45, 2.75) is 12.5 Å². The van der Waals surface area contributed by atoms with Gasteiger partial charge in [-0.25, -0.2) is 0 Å². The first-order chi connectivity index (χ1) is 4.74. The van der Waals surface area contributed by atoms with E-state index in [0.29, 0.717) is 19.5 Å². The average molecular weight is 138 g/mol. The summed E-state index contributed by atoms with van der Waals surface area (Å²) < 4.78 is 0. The van der Waals surface area contributed by atoms with Gasteiger partial charge in [-0.3, -0.25) is 4.79 Å². The van der Waals surface area contributed by atoms with Crippen LogP contribution in [0.2, 0.25) is 0 Å². The van der Waals surface area contributed by atoms with Gasteiger partial charge in [0.15, 0.2) is 0 Å². The molecule has 0 spiro atoms. The Labute approximate surface area is 60.2 Å². The Morgan fingerprint density at radius 2 is 2.60 bits per heavy atom. The van der Waals surface area contributed by atoms with Gasteiger partial charge < -0.3 is 10.6 Å². The highest BCUT2D eigenvalue weighted by atomic mass is 16.2. The Morgan fingerprint density at radius 1 is 1.90 bits per heavy atom. The predicted molar refractivity (Wildman–Crippen MR) is 38.0 cm³/mol. The highest BCUT2D eigenvalue weighted by Gasteiger charge is 2.25. The Hall–Kier alpha value is -1.01. The van der Waals surface area contributed by atoms with Gasteiger partial charge in [0.25, 0.3) is 0 Å². The van der Waals surface area contributed by atoms with E-state index >= 15 is 0 Å². The molecule has 1 amide bonds. The minimum Gasteiger partial charge on any atom is -0.330 e. The number of amides is 1. The molecule has 3 nitrogen and oxygen atoms in total. The maximum Gasteiger partial charge on any atom is 0.225 e. The molecule has 10 heavy (non-hydrogen) atoms. The molecule has 1 rings (SSSR count). The topological polar surface area (TPSA) is 46.3 Å². The zero-order chi connectivity index (χ0) is 7.56. The Morgan fingerprint density at radius 3 is 3.00 bits per heavy atom. The van der Waals surface area contributed by atoms with Gasteiger partial charge in [-0.05, 0) is 0 Å². The van der Waals surface area contributed by atoms with Crippen LogP contribution in [-0.2, 0) is 4.79 Å². The van der Waals surface area contributed by atoms with Crippen LogP contribution in [0.3, 0.4) is 0 Å². The Kier molecular flexibility index (Phi) is 1.93. The molecular weight excluding hydrogens is 128 g/mol. The summed E-state index contributed by atoms with van der Waals surface area (Å²) in [5, 5.41) is 0. The summed E-state index contributed by atoms with van der Waals surface area (Å²) in [7, 11) is 0. The van der Waals surface area contributed by atoms with E-state index in [-0.39, 0.29) is 11.9 Å². The molecule has 1 aliphatic rings. The van der Waals surface area contributed by atoms with E-state index < -0.39 is 0 Å². The third-order valence-corrected chi connectivity index (χ3v) is 1.53. The summed E-state index contributed by atoms with van der Waals surface area (Å²) in [5.74, 6) is 2.48. The van der Waals surface area contributed by atoms with E-state index in [0.717, 1.165) is 0 Å². The number of terminal acetylenes is 1. The quantitative estimate of drug-likeness (QED) is 0.481. The third-order valence-electron chi connectivity index (χ3n) is 1.53. The minimum absolute atomic E-state index is 0.0131. The normalized spacial score (nSPS) is 25.0. The summed E-state index contributed by atoms with van der Waals surface area (Å²) in [5.41, 5.74) is 5.51. The number of nitrogens with zero attached hydrogens (tertiary/aromatic N) is 1. The summed E-state index contributed by atoms with van der Waals surface area (Å²) in [6.45, 7) is 1.01. The van der Waals surface area contributed by atoms with Crippen molar-refractivity contribution in [3.05, 3.63) is 0 Å². The van der Waals surface area contributed by atoms with E-state index in [1.807, 2.05) is 0 Å². The maximum atomic E-state index is 10.9. The fraction of sp³-hybridized carbons (Fsp3) is 0.571. The van der Waals surface area contributed by atoms with Gasteiger partial charge in [-0.2, -0.15) is 0 Å².